The summed E-state index contributed by atoms with van der Waals surface area (Å²) in [6.45, 7) is 4.48. The molecular weight excluding hydrogens is 290 g/mol. The summed E-state index contributed by atoms with van der Waals surface area (Å²) in [5.41, 5.74) is 0.988. The lowest BCUT2D eigenvalue weighted by atomic mass is 9.95. The number of rotatable bonds is 3. The molecule has 2 unspecified atom stereocenters. The van der Waals surface area contributed by atoms with Crippen molar-refractivity contribution in [3.63, 3.8) is 0 Å². The first-order valence-electron chi connectivity index (χ1n) is 6.98. The fourth-order valence-corrected chi connectivity index (χ4v) is 3.45. The van der Waals surface area contributed by atoms with E-state index in [-0.39, 0.29) is 16.6 Å². The van der Waals surface area contributed by atoms with E-state index in [4.69, 9.17) is 0 Å². The number of carbonyl (C=O) groups excluding carboxylic acids is 1. The summed E-state index contributed by atoms with van der Waals surface area (Å²) < 4.78 is 23.9. The number of sulfone groups is 1. The second kappa shape index (κ2) is 5.77. The average molecular weight is 311 g/mol. The highest BCUT2D eigenvalue weighted by atomic mass is 32.2. The summed E-state index contributed by atoms with van der Waals surface area (Å²) in [5.74, 6) is 0.0844. The Morgan fingerprint density at radius 2 is 2.05 bits per heavy atom. The van der Waals surface area contributed by atoms with Crippen LogP contribution in [-0.2, 0) is 9.84 Å². The molecule has 1 aromatic carbocycles. The van der Waals surface area contributed by atoms with Gasteiger partial charge in [-0.1, -0.05) is 6.92 Å². The fourth-order valence-electron chi connectivity index (χ4n) is 2.56. The topological polar surface area (TPSA) is 74.7 Å². The molecule has 6 heteroatoms. The monoisotopic (exact) mass is 311 g/mol. The van der Waals surface area contributed by atoms with Crippen molar-refractivity contribution in [1.82, 2.24) is 0 Å². The van der Waals surface area contributed by atoms with E-state index < -0.39 is 15.9 Å². The van der Waals surface area contributed by atoms with Gasteiger partial charge in [-0.15, -0.1) is 0 Å². The summed E-state index contributed by atoms with van der Waals surface area (Å²) in [5, 5.41) is 10.0. The van der Waals surface area contributed by atoms with Gasteiger partial charge in [0.1, 0.15) is 0 Å². The number of hydrogen-bond donors (Lipinski definition) is 1. The molecule has 0 aliphatic carbocycles. The van der Waals surface area contributed by atoms with E-state index in [9.17, 15) is 18.3 Å². The van der Waals surface area contributed by atoms with Crippen LogP contribution in [0.5, 0.6) is 0 Å². The van der Waals surface area contributed by atoms with Crippen LogP contribution in [0, 0.1) is 5.92 Å². The van der Waals surface area contributed by atoms with Crippen molar-refractivity contribution < 1.29 is 18.3 Å². The number of nitrogens with zero attached hydrogens (tertiary/aromatic N) is 1. The zero-order valence-corrected chi connectivity index (χ0v) is 13.4. The molecule has 0 aromatic heterocycles. The molecule has 0 bridgehead atoms. The van der Waals surface area contributed by atoms with Gasteiger partial charge in [0.25, 0.3) is 0 Å². The largest absolute Gasteiger partial charge is 0.391 e. The minimum Gasteiger partial charge on any atom is -0.391 e. The zero-order chi connectivity index (χ0) is 15.8. The minimum absolute atomic E-state index is 0.109. The van der Waals surface area contributed by atoms with Crippen LogP contribution in [0.4, 0.5) is 5.69 Å². The van der Waals surface area contributed by atoms with E-state index in [1.807, 2.05) is 11.8 Å². The molecule has 0 radical (unpaired) electrons. The molecule has 0 spiro atoms. The van der Waals surface area contributed by atoms with Gasteiger partial charge in [-0.25, -0.2) is 8.42 Å². The number of aliphatic hydroxyl groups excluding tert-OH is 1. The normalized spacial score (nSPS) is 23.1. The van der Waals surface area contributed by atoms with Gasteiger partial charge >= 0.3 is 0 Å². The Hall–Kier alpha value is -1.40. The third kappa shape index (κ3) is 3.44. The van der Waals surface area contributed by atoms with Gasteiger partial charge in [0, 0.05) is 24.9 Å². The van der Waals surface area contributed by atoms with Gasteiger partial charge in [0.05, 0.1) is 16.7 Å². The summed E-state index contributed by atoms with van der Waals surface area (Å²) in [6.07, 6.45) is 1.45. The highest BCUT2D eigenvalue weighted by Crippen LogP contribution is 2.30. The highest BCUT2D eigenvalue weighted by molar-refractivity contribution is 7.90. The van der Waals surface area contributed by atoms with Crippen LogP contribution in [0.2, 0.25) is 0 Å². The van der Waals surface area contributed by atoms with E-state index in [1.54, 1.807) is 6.07 Å². The second-order valence-electron chi connectivity index (χ2n) is 5.79. The predicted molar refractivity (Wildman–Crippen MR) is 81.6 cm³/mol. The Bertz CT molecular complexity index is 654. The van der Waals surface area contributed by atoms with Crippen LogP contribution >= 0.6 is 0 Å². The minimum atomic E-state index is -3.39. The molecule has 1 heterocycles. The molecule has 1 aliphatic rings. The lowest BCUT2D eigenvalue weighted by molar-refractivity contribution is 0.101. The van der Waals surface area contributed by atoms with Crippen LogP contribution in [0.3, 0.4) is 0 Å². The van der Waals surface area contributed by atoms with Crippen LogP contribution in [0.15, 0.2) is 23.1 Å². The summed E-state index contributed by atoms with van der Waals surface area (Å²) in [7, 11) is -3.39. The van der Waals surface area contributed by atoms with E-state index in [2.05, 4.69) is 0 Å². The van der Waals surface area contributed by atoms with E-state index in [0.29, 0.717) is 24.3 Å². The number of piperidine rings is 1. The number of carbonyl (C=O) groups is 1. The standard InChI is InChI=1S/C15H21NO4S/c1-10-6-7-16(9-14(10)18)13-8-12(11(2)17)4-5-15(13)21(3,19)20/h4-5,8,10,14,18H,6-7,9H2,1-3H3. The molecule has 0 saturated carbocycles. The Morgan fingerprint density at radius 3 is 2.57 bits per heavy atom. The molecule has 1 aliphatic heterocycles. The SMILES string of the molecule is CC(=O)c1ccc(S(C)(=O)=O)c(N2CCC(C)C(O)C2)c1. The lowest BCUT2D eigenvalue weighted by Crippen LogP contribution is -2.43. The molecule has 1 N–H and O–H groups in total. The highest BCUT2D eigenvalue weighted by Gasteiger charge is 2.27. The third-order valence-electron chi connectivity index (χ3n) is 4.02. The van der Waals surface area contributed by atoms with Crippen molar-refractivity contribution >= 4 is 21.3 Å². The number of β-amino-alcohol motifs (C(OH)–C–C–N with tert-alkyl or cyclic N) is 1. The Morgan fingerprint density at radius 1 is 1.38 bits per heavy atom. The fraction of sp³-hybridized carbons (Fsp3) is 0.533. The van der Waals surface area contributed by atoms with Gasteiger partial charge in [0.2, 0.25) is 0 Å². The number of hydrogen-bond acceptors (Lipinski definition) is 5. The van der Waals surface area contributed by atoms with E-state index >= 15 is 0 Å². The van der Waals surface area contributed by atoms with Crippen molar-refractivity contribution in [2.24, 2.45) is 5.92 Å². The summed E-state index contributed by atoms with van der Waals surface area (Å²) >= 11 is 0. The lowest BCUT2D eigenvalue weighted by Gasteiger charge is -2.36. The smallest absolute Gasteiger partial charge is 0.177 e. The van der Waals surface area contributed by atoms with Gasteiger partial charge in [-0.3, -0.25) is 4.79 Å². The second-order valence-corrected chi connectivity index (χ2v) is 7.77. The zero-order valence-electron chi connectivity index (χ0n) is 12.5. The van der Waals surface area contributed by atoms with Crippen LogP contribution < -0.4 is 4.90 Å². The molecule has 116 valence electrons. The van der Waals surface area contributed by atoms with E-state index in [0.717, 1.165) is 12.7 Å². The van der Waals surface area contributed by atoms with Crippen LogP contribution in [0.25, 0.3) is 0 Å². The molecule has 21 heavy (non-hydrogen) atoms. The van der Waals surface area contributed by atoms with Crippen molar-refractivity contribution in [3.05, 3.63) is 23.8 Å². The van der Waals surface area contributed by atoms with Gasteiger partial charge in [0.15, 0.2) is 15.6 Å². The van der Waals surface area contributed by atoms with Crippen LogP contribution in [0.1, 0.15) is 30.6 Å². The molecule has 1 saturated heterocycles. The average Bonchev–Trinajstić information content (AvgIpc) is 2.40. The first kappa shape index (κ1) is 16.0. The summed E-state index contributed by atoms with van der Waals surface area (Å²) in [6, 6.07) is 4.62. The maximum atomic E-state index is 11.9. The van der Waals surface area contributed by atoms with Crippen molar-refractivity contribution in [2.45, 2.75) is 31.3 Å². The maximum Gasteiger partial charge on any atom is 0.177 e. The van der Waals surface area contributed by atoms with Crippen molar-refractivity contribution in [1.29, 1.82) is 0 Å². The van der Waals surface area contributed by atoms with Crippen molar-refractivity contribution in [2.75, 3.05) is 24.2 Å². The molecule has 1 fully saturated rings. The van der Waals surface area contributed by atoms with Gasteiger partial charge < -0.3 is 10.0 Å². The number of Topliss-reactive ketones (excluding diaryl/α,β-unsaturated/α-hetero) is 1. The number of aliphatic hydroxyl groups is 1. The van der Waals surface area contributed by atoms with E-state index in [1.165, 1.54) is 19.1 Å². The van der Waals surface area contributed by atoms with Gasteiger partial charge in [-0.05, 0) is 37.5 Å². The number of anilines is 1. The Kier molecular flexibility index (Phi) is 4.39. The molecule has 5 nitrogen and oxygen atoms in total. The third-order valence-corrected chi connectivity index (χ3v) is 5.17. The van der Waals surface area contributed by atoms with Gasteiger partial charge in [-0.2, -0.15) is 0 Å². The maximum absolute atomic E-state index is 11.9. The van der Waals surface area contributed by atoms with Crippen LogP contribution in [-0.4, -0.2) is 44.8 Å². The number of ketones is 1. The first-order valence-corrected chi connectivity index (χ1v) is 8.87. The molecule has 2 rings (SSSR count). The predicted octanol–water partition coefficient (Wildman–Crippen LogP) is 1.50. The first-order chi connectivity index (χ1) is 9.70. The number of benzene rings is 1. The molecule has 1 aromatic rings. The Balaban J connectivity index is 2.49. The Labute approximate surface area is 125 Å². The quantitative estimate of drug-likeness (QED) is 0.856. The molecular formula is C15H21NO4S. The molecule has 2 atom stereocenters. The van der Waals surface area contributed by atoms with Crippen molar-refractivity contribution in [3.8, 4) is 0 Å². The summed E-state index contributed by atoms with van der Waals surface area (Å²) in [4.78, 5) is 13.6. The molecule has 0 amide bonds.